The van der Waals surface area contributed by atoms with Gasteiger partial charge in [-0.2, -0.15) is 0 Å². The zero-order valence-corrected chi connectivity index (χ0v) is 17.4. The van der Waals surface area contributed by atoms with Crippen LogP contribution in [0.2, 0.25) is 0 Å². The van der Waals surface area contributed by atoms with E-state index >= 15 is 0 Å². The van der Waals surface area contributed by atoms with Crippen LogP contribution in [0.25, 0.3) is 0 Å². The molecule has 0 spiro atoms. The highest BCUT2D eigenvalue weighted by atomic mass is 32.2. The van der Waals surface area contributed by atoms with Crippen LogP contribution in [-0.2, 0) is 10.0 Å². The van der Waals surface area contributed by atoms with Crippen molar-refractivity contribution in [3.63, 3.8) is 0 Å². The van der Waals surface area contributed by atoms with Crippen LogP contribution in [0.15, 0.2) is 41.3 Å². The van der Waals surface area contributed by atoms with Gasteiger partial charge in [0.15, 0.2) is 0 Å². The fraction of sp³-hybridized carbons (Fsp3) is 0.400. The quantitative estimate of drug-likeness (QED) is 0.568. The second-order valence-corrected chi connectivity index (χ2v) is 9.29. The van der Waals surface area contributed by atoms with Crippen LogP contribution in [0, 0.1) is 29.9 Å². The number of nitro groups is 1. The highest BCUT2D eigenvalue weighted by Gasteiger charge is 2.30. The van der Waals surface area contributed by atoms with E-state index in [4.69, 9.17) is 0 Å². The number of benzene rings is 2. The number of hydrogen-bond acceptors (Lipinski definition) is 6. The Bertz CT molecular complexity index is 1040. The maximum Gasteiger partial charge on any atom is 0.293 e. The Morgan fingerprint density at radius 2 is 1.93 bits per heavy atom. The Morgan fingerprint density at radius 1 is 1.21 bits per heavy atom. The van der Waals surface area contributed by atoms with Crippen molar-refractivity contribution in [1.82, 2.24) is 0 Å². The van der Waals surface area contributed by atoms with E-state index in [1.807, 2.05) is 19.9 Å². The van der Waals surface area contributed by atoms with Crippen LogP contribution >= 0.6 is 0 Å². The number of nitrogens with zero attached hydrogens (tertiary/aromatic N) is 2. The number of sulfonamides is 1. The normalized spacial score (nSPS) is 19.8. The van der Waals surface area contributed by atoms with Gasteiger partial charge in [0, 0.05) is 19.2 Å². The third-order valence-corrected chi connectivity index (χ3v) is 6.70. The fourth-order valence-corrected chi connectivity index (χ4v) is 4.63. The smallest absolute Gasteiger partial charge is 0.293 e. The average Bonchev–Trinajstić information content (AvgIpc) is 2.65. The fourth-order valence-electron chi connectivity index (χ4n) is 3.48. The van der Waals surface area contributed by atoms with Crippen molar-refractivity contribution >= 4 is 27.1 Å². The predicted octanol–water partition coefficient (Wildman–Crippen LogP) is 3.22. The summed E-state index contributed by atoms with van der Waals surface area (Å²) in [4.78, 5) is 12.6. The molecule has 2 N–H and O–H groups in total. The van der Waals surface area contributed by atoms with E-state index in [1.54, 1.807) is 24.0 Å². The number of aliphatic hydroxyl groups is 1. The molecule has 8 nitrogen and oxygen atoms in total. The Labute approximate surface area is 170 Å². The number of anilines is 2. The summed E-state index contributed by atoms with van der Waals surface area (Å²) in [7, 11) is -3.99. The molecule has 0 aliphatic carbocycles. The largest absolute Gasteiger partial charge is 0.391 e. The summed E-state index contributed by atoms with van der Waals surface area (Å²) >= 11 is 0. The van der Waals surface area contributed by atoms with Crippen LogP contribution in [0.3, 0.4) is 0 Å². The molecule has 2 unspecified atom stereocenters. The SMILES string of the molecule is Cc1ccc(NS(=O)(=O)c2ccc(N3CCC(C)C(O)C3)c([N+](=O)[O-])c2)c(C)c1. The monoisotopic (exact) mass is 419 g/mol. The van der Waals surface area contributed by atoms with Crippen molar-refractivity contribution < 1.29 is 18.4 Å². The summed E-state index contributed by atoms with van der Waals surface area (Å²) in [5.74, 6) is 0.118. The zero-order chi connectivity index (χ0) is 21.3. The Hall–Kier alpha value is -2.65. The Kier molecular flexibility index (Phi) is 5.81. The van der Waals surface area contributed by atoms with E-state index in [9.17, 15) is 23.6 Å². The number of aryl methyl sites for hydroxylation is 2. The molecule has 1 heterocycles. The van der Waals surface area contributed by atoms with Crippen molar-refractivity contribution in [2.75, 3.05) is 22.7 Å². The number of nitro benzene ring substituents is 1. The van der Waals surface area contributed by atoms with Gasteiger partial charge in [0.2, 0.25) is 0 Å². The zero-order valence-electron chi connectivity index (χ0n) is 16.6. The molecule has 2 aromatic carbocycles. The minimum atomic E-state index is -3.99. The summed E-state index contributed by atoms with van der Waals surface area (Å²) in [6.07, 6.45) is 0.116. The molecule has 0 bridgehead atoms. The van der Waals surface area contributed by atoms with Crippen molar-refractivity contribution in [1.29, 1.82) is 0 Å². The van der Waals surface area contributed by atoms with E-state index in [2.05, 4.69) is 4.72 Å². The first-order chi connectivity index (χ1) is 13.6. The van der Waals surface area contributed by atoms with Gasteiger partial charge in [0.25, 0.3) is 15.7 Å². The molecule has 9 heteroatoms. The molecule has 2 atom stereocenters. The van der Waals surface area contributed by atoms with Gasteiger partial charge in [0.1, 0.15) is 5.69 Å². The minimum Gasteiger partial charge on any atom is -0.391 e. The van der Waals surface area contributed by atoms with E-state index in [0.29, 0.717) is 24.3 Å². The van der Waals surface area contributed by atoms with Crippen LogP contribution in [0.4, 0.5) is 17.1 Å². The Balaban J connectivity index is 1.94. The lowest BCUT2D eigenvalue weighted by molar-refractivity contribution is -0.384. The second kappa shape index (κ2) is 8.00. The van der Waals surface area contributed by atoms with Gasteiger partial charge < -0.3 is 10.0 Å². The number of piperidine rings is 1. The first-order valence-corrected chi connectivity index (χ1v) is 10.9. The third kappa shape index (κ3) is 4.51. The number of β-amino-alcohol motifs (C(OH)–C–C–N with tert-alkyl or cyclic N) is 1. The second-order valence-electron chi connectivity index (χ2n) is 7.61. The molecule has 0 aromatic heterocycles. The maximum atomic E-state index is 12.8. The standard InChI is InChI=1S/C20H25N3O5S/c1-13-4-6-17(15(3)10-13)21-29(27,28)16-5-7-18(19(11-16)23(25)26)22-9-8-14(2)20(24)12-22/h4-7,10-11,14,20-21,24H,8-9,12H2,1-3H3. The molecule has 0 amide bonds. The lowest BCUT2D eigenvalue weighted by atomic mass is 9.95. The van der Waals surface area contributed by atoms with Crippen LogP contribution < -0.4 is 9.62 Å². The maximum absolute atomic E-state index is 12.8. The van der Waals surface area contributed by atoms with Gasteiger partial charge in [-0.3, -0.25) is 14.8 Å². The average molecular weight is 420 g/mol. The number of aliphatic hydroxyl groups excluding tert-OH is 1. The lowest BCUT2D eigenvalue weighted by Gasteiger charge is -2.35. The van der Waals surface area contributed by atoms with Gasteiger partial charge in [-0.25, -0.2) is 8.42 Å². The molecule has 156 valence electrons. The number of rotatable bonds is 5. The molecular formula is C20H25N3O5S. The van der Waals surface area contributed by atoms with Gasteiger partial charge >= 0.3 is 0 Å². The summed E-state index contributed by atoms with van der Waals surface area (Å²) in [5, 5.41) is 21.8. The van der Waals surface area contributed by atoms with Gasteiger partial charge in [-0.1, -0.05) is 24.6 Å². The van der Waals surface area contributed by atoms with E-state index in [0.717, 1.165) is 17.2 Å². The summed E-state index contributed by atoms with van der Waals surface area (Å²) in [6, 6.07) is 9.19. The molecule has 3 rings (SSSR count). The molecule has 1 aliphatic rings. The third-order valence-electron chi connectivity index (χ3n) is 5.34. The van der Waals surface area contributed by atoms with Crippen LogP contribution in [0.5, 0.6) is 0 Å². The van der Waals surface area contributed by atoms with E-state index < -0.39 is 21.1 Å². The molecule has 1 fully saturated rings. The van der Waals surface area contributed by atoms with Crippen molar-refractivity contribution in [2.45, 2.75) is 38.2 Å². The first kappa shape index (κ1) is 21.1. The Morgan fingerprint density at radius 3 is 2.55 bits per heavy atom. The topological polar surface area (TPSA) is 113 Å². The van der Waals surface area contributed by atoms with Gasteiger partial charge in [-0.15, -0.1) is 0 Å². The van der Waals surface area contributed by atoms with E-state index in [-0.39, 0.29) is 23.0 Å². The van der Waals surface area contributed by atoms with Gasteiger partial charge in [-0.05, 0) is 49.9 Å². The lowest BCUT2D eigenvalue weighted by Crippen LogP contribution is -2.43. The summed E-state index contributed by atoms with van der Waals surface area (Å²) in [5.41, 5.74) is 2.21. The molecule has 2 aromatic rings. The number of nitrogens with one attached hydrogen (secondary N) is 1. The highest BCUT2D eigenvalue weighted by molar-refractivity contribution is 7.92. The first-order valence-electron chi connectivity index (χ1n) is 9.40. The van der Waals surface area contributed by atoms with Crippen molar-refractivity contribution in [3.8, 4) is 0 Å². The van der Waals surface area contributed by atoms with Crippen LogP contribution in [0.1, 0.15) is 24.5 Å². The van der Waals surface area contributed by atoms with Crippen molar-refractivity contribution in [3.05, 3.63) is 57.6 Å². The van der Waals surface area contributed by atoms with Crippen molar-refractivity contribution in [2.24, 2.45) is 5.92 Å². The molecule has 0 radical (unpaired) electrons. The molecule has 1 saturated heterocycles. The molecule has 1 aliphatic heterocycles. The minimum absolute atomic E-state index is 0.118. The van der Waals surface area contributed by atoms with Crippen LogP contribution in [-0.4, -0.2) is 37.6 Å². The summed E-state index contributed by atoms with van der Waals surface area (Å²) < 4.78 is 28.1. The molecule has 29 heavy (non-hydrogen) atoms. The highest BCUT2D eigenvalue weighted by Crippen LogP contribution is 2.34. The summed E-state index contributed by atoms with van der Waals surface area (Å²) in [6.45, 7) is 6.47. The molecular weight excluding hydrogens is 394 g/mol. The number of hydrogen-bond donors (Lipinski definition) is 2. The van der Waals surface area contributed by atoms with E-state index in [1.165, 1.54) is 12.1 Å². The van der Waals surface area contributed by atoms with Gasteiger partial charge in [0.05, 0.1) is 21.6 Å². The molecule has 0 saturated carbocycles. The predicted molar refractivity (Wildman–Crippen MR) is 112 cm³/mol.